The summed E-state index contributed by atoms with van der Waals surface area (Å²) in [7, 11) is 0.290. The van der Waals surface area contributed by atoms with E-state index in [2.05, 4.69) is 4.98 Å². The molecule has 126 valence electrons. The number of anilines is 1. The van der Waals surface area contributed by atoms with Crippen molar-refractivity contribution < 1.29 is 13.2 Å². The fraction of sp³-hybridized carbons (Fsp3) is 0.235. The third-order valence-electron chi connectivity index (χ3n) is 3.68. The van der Waals surface area contributed by atoms with Gasteiger partial charge in [-0.25, -0.2) is 13.4 Å². The Labute approximate surface area is 145 Å². The highest BCUT2D eigenvalue weighted by Gasteiger charge is 2.17. The second-order valence-corrected chi connectivity index (χ2v) is 8.57. The molecule has 0 N–H and O–H groups in total. The lowest BCUT2D eigenvalue weighted by atomic mass is 10.2. The minimum atomic E-state index is -3.30. The molecule has 5 nitrogen and oxygen atoms in total. The summed E-state index contributed by atoms with van der Waals surface area (Å²) < 4.78 is 29.9. The van der Waals surface area contributed by atoms with Crippen LogP contribution in [0.25, 0.3) is 10.2 Å². The number of benzene rings is 2. The number of aromatic nitrogens is 1. The first-order chi connectivity index (χ1) is 11.4. The Morgan fingerprint density at radius 3 is 2.50 bits per heavy atom. The molecule has 0 bridgehead atoms. The molecule has 24 heavy (non-hydrogen) atoms. The van der Waals surface area contributed by atoms with E-state index in [4.69, 9.17) is 4.74 Å². The Morgan fingerprint density at radius 1 is 1.17 bits per heavy atom. The Balaban J connectivity index is 1.91. The number of hydrogen-bond acceptors (Lipinski definition) is 6. The second kappa shape index (κ2) is 6.41. The molecule has 3 rings (SSSR count). The molecule has 0 saturated heterocycles. The van der Waals surface area contributed by atoms with E-state index >= 15 is 0 Å². The van der Waals surface area contributed by atoms with Crippen LogP contribution in [0.5, 0.6) is 5.75 Å². The van der Waals surface area contributed by atoms with Gasteiger partial charge in [-0.2, -0.15) is 0 Å². The summed E-state index contributed by atoms with van der Waals surface area (Å²) in [6.07, 6.45) is 1.21. The molecule has 0 aliphatic rings. The van der Waals surface area contributed by atoms with Crippen LogP contribution >= 0.6 is 11.3 Å². The van der Waals surface area contributed by atoms with Crippen LogP contribution < -0.4 is 9.64 Å². The van der Waals surface area contributed by atoms with Gasteiger partial charge in [-0.05, 0) is 29.8 Å². The number of methoxy groups -OCH3 is 1. The summed E-state index contributed by atoms with van der Waals surface area (Å²) >= 11 is 1.49. The molecule has 0 amide bonds. The van der Waals surface area contributed by atoms with Crippen LogP contribution in [0.2, 0.25) is 0 Å². The summed E-state index contributed by atoms with van der Waals surface area (Å²) in [6, 6.07) is 13.1. The van der Waals surface area contributed by atoms with Crippen LogP contribution in [-0.4, -0.2) is 33.8 Å². The number of thiazole rings is 1. The summed E-state index contributed by atoms with van der Waals surface area (Å²) in [4.78, 5) is 6.84. The van der Waals surface area contributed by atoms with Gasteiger partial charge >= 0.3 is 0 Å². The van der Waals surface area contributed by atoms with E-state index in [1.165, 1.54) is 17.6 Å². The zero-order chi connectivity index (χ0) is 17.3. The maximum Gasteiger partial charge on any atom is 0.186 e. The zero-order valence-corrected chi connectivity index (χ0v) is 15.3. The summed E-state index contributed by atoms with van der Waals surface area (Å²) in [5.41, 5.74) is 1.67. The Morgan fingerprint density at radius 2 is 1.88 bits per heavy atom. The van der Waals surface area contributed by atoms with Gasteiger partial charge in [0, 0.05) is 19.8 Å². The van der Waals surface area contributed by atoms with Gasteiger partial charge in [-0.3, -0.25) is 0 Å². The minimum absolute atomic E-state index is 0.278. The fourth-order valence-electron chi connectivity index (χ4n) is 2.45. The van der Waals surface area contributed by atoms with Gasteiger partial charge in [0.15, 0.2) is 15.0 Å². The average Bonchev–Trinajstić information content (AvgIpc) is 2.98. The van der Waals surface area contributed by atoms with Crippen LogP contribution in [0.1, 0.15) is 5.56 Å². The van der Waals surface area contributed by atoms with Crippen LogP contribution in [0.3, 0.4) is 0 Å². The molecule has 0 unspecified atom stereocenters. The molecule has 0 radical (unpaired) electrons. The van der Waals surface area contributed by atoms with Crippen molar-refractivity contribution in [3.8, 4) is 5.75 Å². The van der Waals surface area contributed by atoms with Gasteiger partial charge in [-0.1, -0.05) is 29.5 Å². The predicted octanol–water partition coefficient (Wildman–Crippen LogP) is 3.34. The van der Waals surface area contributed by atoms with Gasteiger partial charge in [0.2, 0.25) is 0 Å². The molecule has 0 saturated carbocycles. The summed E-state index contributed by atoms with van der Waals surface area (Å²) in [5.74, 6) is 0.819. The van der Waals surface area contributed by atoms with Gasteiger partial charge in [0.25, 0.3) is 0 Å². The van der Waals surface area contributed by atoms with Crippen LogP contribution in [-0.2, 0) is 16.4 Å². The largest absolute Gasteiger partial charge is 0.497 e. The monoisotopic (exact) mass is 362 g/mol. The Hall–Kier alpha value is -2.12. The van der Waals surface area contributed by atoms with E-state index in [1.807, 2.05) is 42.3 Å². The van der Waals surface area contributed by atoms with Crippen LogP contribution in [0, 0.1) is 0 Å². The first kappa shape index (κ1) is 16.7. The molecule has 0 spiro atoms. The SMILES string of the molecule is COc1ccc(CN(C)c2nc3c(S(C)(=O)=O)cccc3s2)cc1. The second-order valence-electron chi connectivity index (χ2n) is 5.58. The third kappa shape index (κ3) is 3.37. The highest BCUT2D eigenvalue weighted by Crippen LogP contribution is 2.32. The van der Waals surface area contributed by atoms with Gasteiger partial charge in [0.1, 0.15) is 11.3 Å². The normalized spacial score (nSPS) is 11.6. The predicted molar refractivity (Wildman–Crippen MR) is 97.8 cm³/mol. The number of fused-ring (bicyclic) bond motifs is 1. The van der Waals surface area contributed by atoms with E-state index < -0.39 is 9.84 Å². The number of hydrogen-bond donors (Lipinski definition) is 0. The molecular weight excluding hydrogens is 344 g/mol. The number of nitrogens with zero attached hydrogens (tertiary/aromatic N) is 2. The minimum Gasteiger partial charge on any atom is -0.497 e. The summed E-state index contributed by atoms with van der Waals surface area (Å²) in [5, 5.41) is 0.789. The molecule has 0 fully saturated rings. The lowest BCUT2D eigenvalue weighted by Crippen LogP contribution is -2.15. The topological polar surface area (TPSA) is 59.5 Å². The Bertz CT molecular complexity index is 963. The standard InChI is InChI=1S/C17H18N2O3S2/c1-19(11-12-7-9-13(22-2)10-8-12)17-18-16-14(23-17)5-4-6-15(16)24(3,20)21/h4-10H,11H2,1-3H3. The highest BCUT2D eigenvalue weighted by atomic mass is 32.2. The molecule has 3 aromatic rings. The van der Waals surface area contributed by atoms with Crippen molar-refractivity contribution in [1.82, 2.24) is 4.98 Å². The average molecular weight is 362 g/mol. The van der Waals surface area contributed by atoms with Crippen molar-refractivity contribution in [3.05, 3.63) is 48.0 Å². The highest BCUT2D eigenvalue weighted by molar-refractivity contribution is 7.91. The van der Waals surface area contributed by atoms with E-state index in [-0.39, 0.29) is 4.90 Å². The maximum atomic E-state index is 11.9. The molecule has 0 aliphatic heterocycles. The Kier molecular flexibility index (Phi) is 4.47. The number of para-hydroxylation sites is 1. The lowest BCUT2D eigenvalue weighted by Gasteiger charge is -2.15. The van der Waals surface area contributed by atoms with Crippen LogP contribution in [0.15, 0.2) is 47.4 Å². The van der Waals surface area contributed by atoms with Crippen molar-refractivity contribution in [3.63, 3.8) is 0 Å². The molecule has 1 heterocycles. The third-order valence-corrected chi connectivity index (χ3v) is 5.94. The number of rotatable bonds is 5. The van der Waals surface area contributed by atoms with E-state index in [1.54, 1.807) is 19.2 Å². The molecule has 7 heteroatoms. The van der Waals surface area contributed by atoms with E-state index in [0.717, 1.165) is 21.1 Å². The lowest BCUT2D eigenvalue weighted by molar-refractivity contribution is 0.414. The number of sulfone groups is 1. The van der Waals surface area contributed by atoms with Gasteiger partial charge in [-0.15, -0.1) is 0 Å². The smallest absolute Gasteiger partial charge is 0.186 e. The maximum absolute atomic E-state index is 11.9. The van der Waals surface area contributed by atoms with Crippen LogP contribution in [0.4, 0.5) is 5.13 Å². The van der Waals surface area contributed by atoms with Crippen molar-refractivity contribution in [1.29, 1.82) is 0 Å². The molecule has 0 atom stereocenters. The van der Waals surface area contributed by atoms with Crippen molar-refractivity contribution in [2.45, 2.75) is 11.4 Å². The van der Waals surface area contributed by atoms with Gasteiger partial charge < -0.3 is 9.64 Å². The molecule has 1 aromatic heterocycles. The first-order valence-corrected chi connectivity index (χ1v) is 10.0. The van der Waals surface area contributed by atoms with Crippen molar-refractivity contribution in [2.75, 3.05) is 25.3 Å². The van der Waals surface area contributed by atoms with E-state index in [0.29, 0.717) is 12.1 Å². The fourth-order valence-corrected chi connectivity index (χ4v) is 4.30. The zero-order valence-electron chi connectivity index (χ0n) is 13.7. The number of ether oxygens (including phenoxy) is 1. The molecule has 2 aromatic carbocycles. The first-order valence-electron chi connectivity index (χ1n) is 7.32. The van der Waals surface area contributed by atoms with E-state index in [9.17, 15) is 8.42 Å². The van der Waals surface area contributed by atoms with Crippen molar-refractivity contribution >= 4 is 36.5 Å². The molecular formula is C17H18N2O3S2. The summed E-state index contributed by atoms with van der Waals surface area (Å²) in [6.45, 7) is 0.679. The molecule has 0 aliphatic carbocycles. The van der Waals surface area contributed by atoms with Crippen molar-refractivity contribution in [2.24, 2.45) is 0 Å². The van der Waals surface area contributed by atoms with Gasteiger partial charge in [0.05, 0.1) is 16.7 Å². The quantitative estimate of drug-likeness (QED) is 0.697.